The van der Waals surface area contributed by atoms with Crippen LogP contribution in [0, 0.1) is 0 Å². The Morgan fingerprint density at radius 1 is 1.45 bits per heavy atom. The minimum atomic E-state index is -3.72. The van der Waals surface area contributed by atoms with Crippen molar-refractivity contribution < 1.29 is 19.1 Å². The molecule has 0 bridgehead atoms. The third-order valence-electron chi connectivity index (χ3n) is 1.72. The van der Waals surface area contributed by atoms with Gasteiger partial charge in [0.1, 0.15) is 0 Å². The van der Waals surface area contributed by atoms with Crippen LogP contribution in [-0.4, -0.2) is 31.3 Å². The minimum absolute atomic E-state index is 0.0791. The van der Waals surface area contributed by atoms with Crippen molar-refractivity contribution in [1.82, 2.24) is 0 Å². The highest BCUT2D eigenvalue weighted by molar-refractivity contribution is 7.82. The van der Waals surface area contributed by atoms with Gasteiger partial charge in [-0.25, -0.2) is 0 Å². The zero-order valence-corrected chi connectivity index (χ0v) is 8.58. The molecule has 2 N–H and O–H groups in total. The lowest BCUT2D eigenvalue weighted by molar-refractivity contribution is 0.0660. The normalized spacial score (nSPS) is 28.0. The van der Waals surface area contributed by atoms with Gasteiger partial charge in [-0.1, -0.05) is 0 Å². The van der Waals surface area contributed by atoms with Crippen molar-refractivity contribution in [2.45, 2.75) is 25.0 Å². The van der Waals surface area contributed by atoms with Crippen LogP contribution in [-0.2, 0) is 9.30 Å². The van der Waals surface area contributed by atoms with Crippen LogP contribution >= 0.6 is 7.14 Å². The Hall–Kier alpha value is 0.327. The second-order valence-electron chi connectivity index (χ2n) is 2.84. The van der Waals surface area contributed by atoms with Crippen LogP contribution in [0.3, 0.4) is 0 Å². The molecule has 0 spiro atoms. The van der Waals surface area contributed by atoms with Crippen molar-refractivity contribution in [3.8, 4) is 0 Å². The zero-order valence-electron chi connectivity index (χ0n) is 6.27. The molecule has 0 radical (unpaired) electrons. The van der Waals surface area contributed by atoms with Crippen molar-refractivity contribution >= 4 is 16.3 Å². The van der Waals surface area contributed by atoms with E-state index < -0.39 is 16.3 Å². The fraction of sp³-hybridized carbons (Fsp3) is 1.00. The maximum absolute atomic E-state index is 10.6. The second kappa shape index (κ2) is 3.82. The van der Waals surface area contributed by atoms with E-state index in [-0.39, 0.29) is 5.73 Å². The lowest BCUT2D eigenvalue weighted by atomic mass is 10.2. The highest BCUT2D eigenvalue weighted by atomic mass is 31.4. The second-order valence-corrected chi connectivity index (χ2v) is 9.01. The molecule has 1 aliphatic rings. The van der Waals surface area contributed by atoms with E-state index in [4.69, 9.17) is 14.5 Å². The van der Waals surface area contributed by atoms with Crippen LogP contribution < -0.4 is 0 Å². The Kier molecular flexibility index (Phi) is 3.27. The zero-order chi connectivity index (χ0) is 8.32. The summed E-state index contributed by atoms with van der Waals surface area (Å²) in [5, 5.41) is 0. The smallest absolute Gasteiger partial charge is 0.288 e. The third kappa shape index (κ3) is 4.03. The highest BCUT2D eigenvalue weighted by Gasteiger charge is 2.24. The average molecular weight is 196 g/mol. The summed E-state index contributed by atoms with van der Waals surface area (Å²) in [6.07, 6.45) is 2.93. The molecule has 1 heterocycles. The van der Waals surface area contributed by atoms with E-state index in [9.17, 15) is 4.57 Å². The predicted molar refractivity (Wildman–Crippen MR) is 44.2 cm³/mol. The molecule has 0 aliphatic carbocycles. The molecule has 1 fully saturated rings. The summed E-state index contributed by atoms with van der Waals surface area (Å²) in [7, 11) is -5.07. The molecule has 4 nitrogen and oxygen atoms in total. The molecular formula is C5H13O4PSi. The summed E-state index contributed by atoms with van der Waals surface area (Å²) in [5.41, 5.74) is -0.0791. The van der Waals surface area contributed by atoms with Crippen LogP contribution in [0.5, 0.6) is 0 Å². The lowest BCUT2D eigenvalue weighted by Gasteiger charge is -2.21. The summed E-state index contributed by atoms with van der Waals surface area (Å²) in [6.45, 7) is 0.678. The first kappa shape index (κ1) is 9.42. The lowest BCUT2D eigenvalue weighted by Crippen LogP contribution is -2.25. The van der Waals surface area contributed by atoms with Crippen molar-refractivity contribution in [3.63, 3.8) is 0 Å². The Balaban J connectivity index is 2.30. The van der Waals surface area contributed by atoms with Crippen molar-refractivity contribution in [2.24, 2.45) is 0 Å². The van der Waals surface area contributed by atoms with E-state index in [0.29, 0.717) is 6.61 Å². The van der Waals surface area contributed by atoms with Gasteiger partial charge in [-0.15, -0.1) is 0 Å². The van der Waals surface area contributed by atoms with Gasteiger partial charge in [-0.2, -0.15) is 0 Å². The molecule has 0 amide bonds. The van der Waals surface area contributed by atoms with Gasteiger partial charge in [0, 0.05) is 6.61 Å². The molecular weight excluding hydrogens is 183 g/mol. The fourth-order valence-corrected chi connectivity index (χ4v) is 4.95. The molecule has 1 aliphatic heterocycles. The summed E-state index contributed by atoms with van der Waals surface area (Å²) in [4.78, 5) is 17.3. The molecule has 1 rings (SSSR count). The molecule has 0 aromatic rings. The van der Waals surface area contributed by atoms with Gasteiger partial charge in [0.25, 0.3) is 7.14 Å². The Morgan fingerprint density at radius 2 is 2.18 bits per heavy atom. The fourth-order valence-electron chi connectivity index (χ4n) is 1.22. The Bertz CT molecular complexity index is 162. The molecule has 11 heavy (non-hydrogen) atoms. The van der Waals surface area contributed by atoms with Gasteiger partial charge in [0.2, 0.25) is 0 Å². The molecule has 1 saturated heterocycles. The number of ether oxygens (including phenoxy) is 1. The molecule has 1 unspecified atom stereocenters. The van der Waals surface area contributed by atoms with Crippen molar-refractivity contribution in [1.29, 1.82) is 0 Å². The Morgan fingerprint density at radius 3 is 2.64 bits per heavy atom. The van der Waals surface area contributed by atoms with Crippen molar-refractivity contribution in [3.05, 3.63) is 0 Å². The highest BCUT2D eigenvalue weighted by Crippen LogP contribution is 2.34. The van der Waals surface area contributed by atoms with Crippen molar-refractivity contribution in [2.75, 3.05) is 6.61 Å². The molecule has 6 heteroatoms. The SMILES string of the molecule is O=P(O)(O)[SiH2]C1CCCCO1. The van der Waals surface area contributed by atoms with Crippen LogP contribution in [0.4, 0.5) is 0 Å². The maximum atomic E-state index is 10.6. The van der Waals surface area contributed by atoms with E-state index in [1.807, 2.05) is 0 Å². The molecule has 1 atom stereocenters. The molecule has 66 valence electrons. The standard InChI is InChI=1S/C5H13O4PSi/c6-10(7,8)11-5-3-1-2-4-9-5/h5H,1-4,11H2,(H2,6,7,8). The maximum Gasteiger partial charge on any atom is 0.288 e. The van der Waals surface area contributed by atoms with E-state index in [1.165, 1.54) is 0 Å². The minimum Gasteiger partial charge on any atom is -0.381 e. The number of hydrogen-bond acceptors (Lipinski definition) is 2. The van der Waals surface area contributed by atoms with E-state index in [0.717, 1.165) is 19.3 Å². The third-order valence-corrected chi connectivity index (χ3v) is 5.89. The summed E-state index contributed by atoms with van der Waals surface area (Å²) in [5.74, 6) is 0. The van der Waals surface area contributed by atoms with Gasteiger partial charge in [0.15, 0.2) is 9.19 Å². The Labute approximate surface area is 67.8 Å². The monoisotopic (exact) mass is 196 g/mol. The van der Waals surface area contributed by atoms with E-state index >= 15 is 0 Å². The first-order valence-corrected chi connectivity index (χ1v) is 8.25. The van der Waals surface area contributed by atoms with Crippen LogP contribution in [0.2, 0.25) is 0 Å². The van der Waals surface area contributed by atoms with Crippen LogP contribution in [0.1, 0.15) is 19.3 Å². The molecule has 0 aromatic heterocycles. The van der Waals surface area contributed by atoms with Gasteiger partial charge >= 0.3 is 0 Å². The summed E-state index contributed by atoms with van der Waals surface area (Å²) in [6, 6.07) is 0. The predicted octanol–water partition coefficient (Wildman–Crippen LogP) is -0.226. The first-order valence-electron chi connectivity index (χ1n) is 3.74. The van der Waals surface area contributed by atoms with Gasteiger partial charge < -0.3 is 14.5 Å². The summed E-state index contributed by atoms with van der Waals surface area (Å²) >= 11 is 0. The summed E-state index contributed by atoms with van der Waals surface area (Å²) < 4.78 is 15.8. The van der Waals surface area contributed by atoms with Crippen LogP contribution in [0.25, 0.3) is 0 Å². The van der Waals surface area contributed by atoms with E-state index in [2.05, 4.69) is 0 Å². The molecule has 0 saturated carbocycles. The van der Waals surface area contributed by atoms with Gasteiger partial charge in [0.05, 0.1) is 5.73 Å². The van der Waals surface area contributed by atoms with Gasteiger partial charge in [-0.05, 0) is 19.3 Å². The van der Waals surface area contributed by atoms with Gasteiger partial charge in [-0.3, -0.25) is 4.57 Å². The molecule has 0 aromatic carbocycles. The topological polar surface area (TPSA) is 66.8 Å². The number of hydrogen-bond donors (Lipinski definition) is 2. The largest absolute Gasteiger partial charge is 0.381 e. The first-order chi connectivity index (χ1) is 5.08. The van der Waals surface area contributed by atoms with E-state index in [1.54, 1.807) is 0 Å². The van der Waals surface area contributed by atoms with Crippen LogP contribution in [0.15, 0.2) is 0 Å². The number of rotatable bonds is 2. The average Bonchev–Trinajstić information content (AvgIpc) is 1.85. The quantitative estimate of drug-likeness (QED) is 0.473.